The van der Waals surface area contributed by atoms with E-state index in [4.69, 9.17) is 26.7 Å². The second kappa shape index (κ2) is 29.7. The van der Waals surface area contributed by atoms with E-state index in [1.807, 2.05) is 0 Å². The van der Waals surface area contributed by atoms with Gasteiger partial charge in [-0.05, 0) is 11.6 Å². The van der Waals surface area contributed by atoms with Crippen LogP contribution in [-0.4, -0.2) is 65.9 Å². The van der Waals surface area contributed by atoms with E-state index in [1.165, 1.54) is 14.1 Å². The lowest BCUT2D eigenvalue weighted by Gasteiger charge is -1.93. The number of rotatable bonds is 8. The van der Waals surface area contributed by atoms with Gasteiger partial charge in [-0.15, -0.1) is 0 Å². The van der Waals surface area contributed by atoms with E-state index >= 15 is 0 Å². The highest BCUT2D eigenvalue weighted by Gasteiger charge is 2.01. The third-order valence-electron chi connectivity index (χ3n) is 2.32. The first-order valence-electron chi connectivity index (χ1n) is 7.83. The molecule has 0 bridgehead atoms. The van der Waals surface area contributed by atoms with Gasteiger partial charge >= 0.3 is 5.97 Å². The van der Waals surface area contributed by atoms with Crippen molar-refractivity contribution in [3.63, 3.8) is 0 Å². The molecule has 0 heterocycles. The molecule has 0 atom stereocenters. The minimum atomic E-state index is -1.67. The topological polar surface area (TPSA) is 185 Å². The van der Waals surface area contributed by atoms with Crippen molar-refractivity contribution >= 4 is 71.1 Å². The zero-order valence-corrected chi connectivity index (χ0v) is 19.3. The summed E-state index contributed by atoms with van der Waals surface area (Å²) >= 11 is 4.96. The first-order chi connectivity index (χ1) is 13.4. The van der Waals surface area contributed by atoms with Crippen LogP contribution in [0.4, 0.5) is 0 Å². The number of aliphatic carboxylic acids is 1. The molecule has 0 aromatic rings. The Balaban J connectivity index is -0.0000000948. The summed E-state index contributed by atoms with van der Waals surface area (Å²) in [6.07, 6.45) is 0.683. The molecule has 0 saturated carbocycles. The summed E-state index contributed by atoms with van der Waals surface area (Å²) in [6.45, 7) is 0.430. The quantitative estimate of drug-likeness (QED) is 0.290. The summed E-state index contributed by atoms with van der Waals surface area (Å²) in [5.74, 6) is -1.34. The Hall–Kier alpha value is -1.47. The zero-order chi connectivity index (χ0) is 23.8. The van der Waals surface area contributed by atoms with Crippen molar-refractivity contribution in [1.29, 1.82) is 0 Å². The molecule has 15 heteroatoms. The minimum Gasteiger partial charge on any atom is -0.481 e. The summed E-state index contributed by atoms with van der Waals surface area (Å²) in [5.41, 5.74) is 5.04. The number of carbonyl (C=O) groups is 5. The van der Waals surface area contributed by atoms with Gasteiger partial charge in [0.15, 0.2) is 0 Å². The molecule has 0 aliphatic carbocycles. The molecule has 180 valence electrons. The van der Waals surface area contributed by atoms with Crippen LogP contribution in [-0.2, 0) is 33.2 Å². The normalized spacial score (nSPS) is 8.27. The number of nitrogens with two attached hydrogens (primary N) is 1. The van der Waals surface area contributed by atoms with Gasteiger partial charge in [0, 0.05) is 74.7 Å². The summed E-state index contributed by atoms with van der Waals surface area (Å²) in [6, 6.07) is 0. The molecule has 3 amide bonds. The first kappa shape index (κ1) is 39.1. The average molecular weight is 518 g/mol. The van der Waals surface area contributed by atoms with Crippen LogP contribution in [0.5, 0.6) is 0 Å². The molecular weight excluding hydrogens is 487 g/mol. The van der Waals surface area contributed by atoms with Crippen molar-refractivity contribution in [3.05, 3.63) is 0 Å². The number of hydrogen-bond donors (Lipinski definition) is 5. The van der Waals surface area contributed by atoms with E-state index < -0.39 is 20.4 Å². The molecule has 6 N–H and O–H groups in total. The predicted octanol–water partition coefficient (Wildman–Crippen LogP) is 0.635. The van der Waals surface area contributed by atoms with Crippen molar-refractivity contribution < 1.29 is 33.3 Å². The Morgan fingerprint density at radius 3 is 1.30 bits per heavy atom. The van der Waals surface area contributed by atoms with E-state index in [-0.39, 0.29) is 50.8 Å². The maximum Gasteiger partial charge on any atom is 0.303 e. The number of carbonyl (C=O) groups excluding carboxylic acids is 4. The van der Waals surface area contributed by atoms with E-state index in [0.717, 1.165) is 0 Å². The molecule has 0 aliphatic heterocycles. The van der Waals surface area contributed by atoms with Gasteiger partial charge in [-0.1, -0.05) is 7.43 Å². The fraction of sp³-hybridized carbons (Fsp3) is 0.667. The van der Waals surface area contributed by atoms with Crippen molar-refractivity contribution in [2.75, 3.05) is 27.7 Å². The lowest BCUT2D eigenvalue weighted by molar-refractivity contribution is -0.138. The van der Waals surface area contributed by atoms with Crippen LogP contribution in [0.2, 0.25) is 0 Å². The van der Waals surface area contributed by atoms with Crippen molar-refractivity contribution in [2.24, 2.45) is 5.73 Å². The number of amides is 3. The number of carboxylic acids is 1. The smallest absolute Gasteiger partial charge is 0.303 e. The highest BCUT2D eigenvalue weighted by molar-refractivity contribution is 8.26. The van der Waals surface area contributed by atoms with E-state index in [9.17, 15) is 24.0 Å². The molecule has 0 rings (SSSR count). The molecule has 0 spiro atoms. The maximum atomic E-state index is 10.4. The summed E-state index contributed by atoms with van der Waals surface area (Å²) in [4.78, 5) is 50.8. The van der Waals surface area contributed by atoms with Crippen LogP contribution in [0.15, 0.2) is 0 Å². The number of carboxylic acid groups (broad SMARTS) is 1. The van der Waals surface area contributed by atoms with Crippen LogP contribution >= 0.6 is 33.0 Å². The number of halogens is 3. The van der Waals surface area contributed by atoms with Gasteiger partial charge in [0.1, 0.15) is 0 Å². The highest BCUT2D eigenvalue weighted by Crippen LogP contribution is 1.93. The van der Waals surface area contributed by atoms with Crippen LogP contribution in [0.1, 0.15) is 39.5 Å². The van der Waals surface area contributed by atoms with Crippen LogP contribution in [0.25, 0.3) is 0 Å². The molecule has 0 aromatic heterocycles. The van der Waals surface area contributed by atoms with E-state index in [1.54, 1.807) is 7.05 Å². The second-order valence-corrected chi connectivity index (χ2v) is 7.44. The van der Waals surface area contributed by atoms with Gasteiger partial charge < -0.3 is 26.8 Å². The number of hydrogen-bond acceptors (Lipinski definition) is 7. The van der Waals surface area contributed by atoms with Crippen LogP contribution < -0.4 is 21.7 Å². The van der Waals surface area contributed by atoms with E-state index in [0.29, 0.717) is 13.0 Å². The summed E-state index contributed by atoms with van der Waals surface area (Å²) in [7, 11) is 11.9. The van der Waals surface area contributed by atoms with Gasteiger partial charge in [-0.3, -0.25) is 24.0 Å². The van der Waals surface area contributed by atoms with Crippen molar-refractivity contribution in [2.45, 2.75) is 39.5 Å². The van der Waals surface area contributed by atoms with Gasteiger partial charge in [-0.25, -0.2) is 4.21 Å². The Morgan fingerprint density at radius 1 is 0.800 bits per heavy atom. The minimum absolute atomic E-state index is 0. The third-order valence-corrected chi connectivity index (χ3v) is 2.51. The Morgan fingerprint density at radius 2 is 1.10 bits per heavy atom. The zero-order valence-electron chi connectivity index (χ0n) is 16.3. The second-order valence-electron chi connectivity index (χ2n) is 4.49. The lowest BCUT2D eigenvalue weighted by atomic mass is 10.3. The molecular formula is C15H31Cl3N4O7S. The molecule has 0 radical (unpaired) electrons. The van der Waals surface area contributed by atoms with Gasteiger partial charge in [-0.2, -0.15) is 0 Å². The lowest BCUT2D eigenvalue weighted by Crippen LogP contribution is -2.20. The maximum absolute atomic E-state index is 10.4. The Bertz CT molecular complexity index is 492. The molecule has 30 heavy (non-hydrogen) atoms. The molecule has 11 nitrogen and oxygen atoms in total. The largest absolute Gasteiger partial charge is 0.481 e. The van der Waals surface area contributed by atoms with Crippen LogP contribution in [0.3, 0.4) is 0 Å². The van der Waals surface area contributed by atoms with Gasteiger partial charge in [0.2, 0.25) is 32.2 Å². The molecule has 0 aromatic carbocycles. The van der Waals surface area contributed by atoms with Gasteiger partial charge in [0.05, 0.1) is 6.42 Å². The highest BCUT2D eigenvalue weighted by atomic mass is 36.0. The third kappa shape index (κ3) is 56.3. The number of nitrogens with one attached hydrogen (secondary N) is 3. The molecule has 0 fully saturated rings. The van der Waals surface area contributed by atoms with Gasteiger partial charge in [0.25, 0.3) is 0 Å². The summed E-state index contributed by atoms with van der Waals surface area (Å²) in [5, 5.41) is 14.7. The summed E-state index contributed by atoms with van der Waals surface area (Å²) < 4.78 is 9.09. The molecule has 0 saturated heterocycles. The molecule has 0 aliphatic rings. The first-order valence-corrected chi connectivity index (χ1v) is 11.0. The monoisotopic (exact) mass is 516 g/mol. The Labute approximate surface area is 193 Å². The average Bonchev–Trinajstić information content (AvgIpc) is 2.64. The fourth-order valence-electron chi connectivity index (χ4n) is 0.938. The van der Waals surface area contributed by atoms with Crippen molar-refractivity contribution in [1.82, 2.24) is 16.0 Å². The molecule has 0 unspecified atom stereocenters. The Kier molecular flexibility index (Phi) is 38.7. The van der Waals surface area contributed by atoms with Crippen LogP contribution in [0, 0.1) is 0 Å². The standard InChI is InChI=1S/C5H8ClNO2.C5H9NO3.C4H10N2O.CH4.Cl2OS/c1-7-5(9)3-2-4(6)8;1-6-4(7)2-3-5(8)9;1-6-4(7)2-3-5;;1-4(2)3/h2-3H2,1H3,(H,7,9);2-3H2,1H3,(H,6,7)(H,8,9);2-3,5H2,1H3,(H,6,7);1H4;. The van der Waals surface area contributed by atoms with E-state index in [2.05, 4.69) is 37.3 Å². The predicted molar refractivity (Wildman–Crippen MR) is 119 cm³/mol. The SMILES string of the molecule is C.CNC(=O)CCC(=O)Cl.CNC(=O)CCC(=O)O.CNC(=O)CCN.O=S(Cl)Cl. The fourth-order valence-corrected chi connectivity index (χ4v) is 1.03. The van der Waals surface area contributed by atoms with Crippen molar-refractivity contribution in [3.8, 4) is 0 Å².